The Morgan fingerprint density at radius 2 is 2.09 bits per heavy atom. The van der Waals surface area contributed by atoms with Gasteiger partial charge in [0.05, 0.1) is 5.56 Å². The van der Waals surface area contributed by atoms with Gasteiger partial charge in [-0.15, -0.1) is 0 Å². The van der Waals surface area contributed by atoms with E-state index in [9.17, 15) is 14.7 Å². The number of phenols is 1. The van der Waals surface area contributed by atoms with Gasteiger partial charge < -0.3 is 15.3 Å². The van der Waals surface area contributed by atoms with Crippen LogP contribution in [0.1, 0.15) is 42.6 Å². The van der Waals surface area contributed by atoms with Gasteiger partial charge in [0.25, 0.3) is 5.91 Å². The summed E-state index contributed by atoms with van der Waals surface area (Å²) in [6.07, 6.45) is 1.73. The highest BCUT2D eigenvalue weighted by Gasteiger charge is 2.27. The molecule has 0 radical (unpaired) electrons. The largest absolute Gasteiger partial charge is 0.507 e. The zero-order valence-electron chi connectivity index (χ0n) is 13.4. The minimum absolute atomic E-state index is 0.00365. The molecule has 0 saturated carbocycles. The molecule has 0 aliphatic carbocycles. The molecule has 1 aromatic carbocycles. The molecule has 2 N–H and O–H groups in total. The van der Waals surface area contributed by atoms with Crippen molar-refractivity contribution >= 4 is 11.8 Å². The number of rotatable bonds is 3. The van der Waals surface area contributed by atoms with E-state index in [2.05, 4.69) is 5.32 Å². The fourth-order valence-corrected chi connectivity index (χ4v) is 2.64. The lowest BCUT2D eigenvalue weighted by Crippen LogP contribution is -2.50. The molecule has 1 saturated heterocycles. The van der Waals surface area contributed by atoms with Gasteiger partial charge in [-0.3, -0.25) is 9.59 Å². The molecule has 1 heterocycles. The third-order valence-corrected chi connectivity index (χ3v) is 3.96. The number of benzene rings is 1. The van der Waals surface area contributed by atoms with Crippen molar-refractivity contribution in [1.29, 1.82) is 0 Å². The van der Waals surface area contributed by atoms with Crippen LogP contribution < -0.4 is 5.32 Å². The van der Waals surface area contributed by atoms with Crippen molar-refractivity contribution in [2.45, 2.75) is 39.7 Å². The second kappa shape index (κ2) is 6.81. The number of piperidine rings is 1. The number of hydrogen-bond donors (Lipinski definition) is 2. The number of amides is 2. The summed E-state index contributed by atoms with van der Waals surface area (Å²) in [6, 6.07) is 5.01. The first-order valence-corrected chi connectivity index (χ1v) is 7.77. The average Bonchev–Trinajstić information content (AvgIpc) is 2.49. The Morgan fingerprint density at radius 3 is 2.77 bits per heavy atom. The Hall–Kier alpha value is -2.04. The monoisotopic (exact) mass is 304 g/mol. The van der Waals surface area contributed by atoms with Gasteiger partial charge in [0, 0.05) is 25.0 Å². The quantitative estimate of drug-likeness (QED) is 0.898. The maximum Gasteiger partial charge on any atom is 0.257 e. The van der Waals surface area contributed by atoms with Gasteiger partial charge in [0.2, 0.25) is 5.91 Å². The summed E-state index contributed by atoms with van der Waals surface area (Å²) in [5, 5.41) is 12.9. The van der Waals surface area contributed by atoms with E-state index in [1.165, 1.54) is 0 Å². The fraction of sp³-hybridized carbons (Fsp3) is 0.529. The molecule has 120 valence electrons. The molecule has 0 bridgehead atoms. The zero-order chi connectivity index (χ0) is 16.3. The van der Waals surface area contributed by atoms with E-state index in [4.69, 9.17) is 0 Å². The van der Waals surface area contributed by atoms with Gasteiger partial charge in [-0.25, -0.2) is 0 Å². The molecule has 1 aliphatic heterocycles. The first kappa shape index (κ1) is 16.3. The van der Waals surface area contributed by atoms with Crippen molar-refractivity contribution in [1.82, 2.24) is 10.2 Å². The lowest BCUT2D eigenvalue weighted by Gasteiger charge is -2.33. The lowest BCUT2D eigenvalue weighted by atomic mass is 10.0. The third kappa shape index (κ3) is 3.78. The van der Waals surface area contributed by atoms with Gasteiger partial charge in [-0.05, 0) is 31.9 Å². The van der Waals surface area contributed by atoms with Crippen LogP contribution in [0.3, 0.4) is 0 Å². The fourth-order valence-electron chi connectivity index (χ4n) is 2.64. The Labute approximate surface area is 131 Å². The first-order valence-electron chi connectivity index (χ1n) is 7.77. The standard InChI is InChI=1S/C17H24N2O3/c1-11(2)16(21)18-13-5-4-8-19(10-13)17(22)14-9-12(3)6-7-15(14)20/h6-7,9,11,13,20H,4-5,8,10H2,1-3H3,(H,18,21)/t13-/m1/s1. The van der Waals surface area contributed by atoms with Crippen molar-refractivity contribution in [2.75, 3.05) is 13.1 Å². The maximum absolute atomic E-state index is 12.6. The van der Waals surface area contributed by atoms with E-state index in [1.807, 2.05) is 20.8 Å². The van der Waals surface area contributed by atoms with Crippen LogP contribution in [0.15, 0.2) is 18.2 Å². The number of nitrogens with zero attached hydrogens (tertiary/aromatic N) is 1. The molecule has 2 amide bonds. The van der Waals surface area contributed by atoms with Crippen molar-refractivity contribution in [3.05, 3.63) is 29.3 Å². The molecule has 2 rings (SSSR count). The van der Waals surface area contributed by atoms with E-state index in [-0.39, 0.29) is 29.5 Å². The number of aryl methyl sites for hydroxylation is 1. The van der Waals surface area contributed by atoms with Crippen molar-refractivity contribution in [2.24, 2.45) is 5.92 Å². The second-order valence-electron chi connectivity index (χ2n) is 6.27. The van der Waals surface area contributed by atoms with Gasteiger partial charge in [0.15, 0.2) is 0 Å². The Balaban J connectivity index is 2.07. The summed E-state index contributed by atoms with van der Waals surface area (Å²) >= 11 is 0. The highest BCUT2D eigenvalue weighted by Crippen LogP contribution is 2.22. The number of aromatic hydroxyl groups is 1. The molecular weight excluding hydrogens is 280 g/mol. The smallest absolute Gasteiger partial charge is 0.257 e. The van der Waals surface area contributed by atoms with Gasteiger partial charge in [-0.1, -0.05) is 25.5 Å². The highest BCUT2D eigenvalue weighted by atomic mass is 16.3. The SMILES string of the molecule is Cc1ccc(O)c(C(=O)N2CCC[C@@H](NC(=O)C(C)C)C2)c1. The molecule has 0 unspecified atom stereocenters. The summed E-state index contributed by atoms with van der Waals surface area (Å²) in [5.41, 5.74) is 1.26. The van der Waals surface area contributed by atoms with Crippen molar-refractivity contribution in [3.8, 4) is 5.75 Å². The summed E-state index contributed by atoms with van der Waals surface area (Å²) in [4.78, 5) is 26.1. The number of carbonyl (C=O) groups is 2. The van der Waals surface area contributed by atoms with Gasteiger partial charge in [-0.2, -0.15) is 0 Å². The predicted octanol–water partition coefficient (Wildman–Crippen LogP) is 2.08. The van der Waals surface area contributed by atoms with Crippen LogP contribution in [0.5, 0.6) is 5.75 Å². The molecule has 22 heavy (non-hydrogen) atoms. The van der Waals surface area contributed by atoms with Crippen LogP contribution in [-0.4, -0.2) is 41.0 Å². The molecule has 5 nitrogen and oxygen atoms in total. The Bertz CT molecular complexity index is 569. The first-order chi connectivity index (χ1) is 10.4. The van der Waals surface area contributed by atoms with Crippen LogP contribution in [-0.2, 0) is 4.79 Å². The predicted molar refractivity (Wildman–Crippen MR) is 84.8 cm³/mol. The third-order valence-electron chi connectivity index (χ3n) is 3.96. The number of likely N-dealkylation sites (tertiary alicyclic amines) is 1. The molecule has 5 heteroatoms. The van der Waals surface area contributed by atoms with Gasteiger partial charge >= 0.3 is 0 Å². The molecule has 1 aliphatic rings. The van der Waals surface area contributed by atoms with E-state index < -0.39 is 0 Å². The second-order valence-corrected chi connectivity index (χ2v) is 6.27. The number of hydrogen-bond acceptors (Lipinski definition) is 3. The van der Waals surface area contributed by atoms with Crippen LogP contribution in [0.2, 0.25) is 0 Å². The van der Waals surface area contributed by atoms with Crippen LogP contribution in [0, 0.1) is 12.8 Å². The number of phenolic OH excluding ortho intramolecular Hbond substituents is 1. The molecule has 1 fully saturated rings. The van der Waals surface area contributed by atoms with Crippen molar-refractivity contribution in [3.63, 3.8) is 0 Å². The average molecular weight is 304 g/mol. The normalized spacial score (nSPS) is 18.4. The molecule has 1 aromatic rings. The van der Waals surface area contributed by atoms with E-state index in [1.54, 1.807) is 23.1 Å². The summed E-state index contributed by atoms with van der Waals surface area (Å²) in [7, 11) is 0. The van der Waals surface area contributed by atoms with Crippen molar-refractivity contribution < 1.29 is 14.7 Å². The van der Waals surface area contributed by atoms with E-state index in [0.717, 1.165) is 18.4 Å². The van der Waals surface area contributed by atoms with Crippen LogP contribution in [0.4, 0.5) is 0 Å². The molecule has 0 aromatic heterocycles. The molecule has 0 spiro atoms. The highest BCUT2D eigenvalue weighted by molar-refractivity contribution is 5.97. The molecule has 1 atom stereocenters. The van der Waals surface area contributed by atoms with E-state index >= 15 is 0 Å². The minimum Gasteiger partial charge on any atom is -0.507 e. The summed E-state index contributed by atoms with van der Waals surface area (Å²) in [5.74, 6) is -0.224. The number of nitrogens with one attached hydrogen (secondary N) is 1. The minimum atomic E-state index is -0.176. The topological polar surface area (TPSA) is 69.6 Å². The molecular formula is C17H24N2O3. The Morgan fingerprint density at radius 1 is 1.36 bits per heavy atom. The zero-order valence-corrected chi connectivity index (χ0v) is 13.4. The maximum atomic E-state index is 12.6. The van der Waals surface area contributed by atoms with E-state index in [0.29, 0.717) is 18.7 Å². The summed E-state index contributed by atoms with van der Waals surface area (Å²) < 4.78 is 0. The lowest BCUT2D eigenvalue weighted by molar-refractivity contribution is -0.125. The van der Waals surface area contributed by atoms with Gasteiger partial charge in [0.1, 0.15) is 5.75 Å². The Kier molecular flexibility index (Phi) is 5.06. The van der Waals surface area contributed by atoms with Crippen LogP contribution >= 0.6 is 0 Å². The number of carbonyl (C=O) groups excluding carboxylic acids is 2. The van der Waals surface area contributed by atoms with Crippen LogP contribution in [0.25, 0.3) is 0 Å². The summed E-state index contributed by atoms with van der Waals surface area (Å²) in [6.45, 7) is 6.74.